The molecule has 3 aromatic rings. The van der Waals surface area contributed by atoms with Gasteiger partial charge in [0.05, 0.1) is 12.4 Å². The lowest BCUT2D eigenvalue weighted by Crippen LogP contribution is -2.31. The Bertz CT molecular complexity index is 931. The topological polar surface area (TPSA) is 58.1 Å². The van der Waals surface area contributed by atoms with Gasteiger partial charge in [-0.1, -0.05) is 57.2 Å². The van der Waals surface area contributed by atoms with Gasteiger partial charge in [0.25, 0.3) is 5.91 Å². The maximum Gasteiger partial charge on any atom is 0.278 e. The van der Waals surface area contributed by atoms with Crippen LogP contribution in [0.25, 0.3) is 0 Å². The number of amides is 1. The number of nitrogens with one attached hydrogen (secondary N) is 1. The van der Waals surface area contributed by atoms with Crippen LogP contribution in [0.1, 0.15) is 43.7 Å². The van der Waals surface area contributed by atoms with Crippen LogP contribution in [-0.4, -0.2) is 22.4 Å². The summed E-state index contributed by atoms with van der Waals surface area (Å²) in [4.78, 5) is 23.3. The highest BCUT2D eigenvalue weighted by atomic mass is 16.2. The molecule has 3 rings (SSSR count). The van der Waals surface area contributed by atoms with E-state index < -0.39 is 0 Å². The normalized spacial score (nSPS) is 11.1. The molecule has 0 unspecified atom stereocenters. The van der Waals surface area contributed by atoms with Crippen LogP contribution >= 0.6 is 0 Å². The van der Waals surface area contributed by atoms with Crippen molar-refractivity contribution in [3.63, 3.8) is 0 Å². The van der Waals surface area contributed by atoms with Crippen LogP contribution in [-0.2, 0) is 5.41 Å². The Morgan fingerprint density at radius 2 is 1.64 bits per heavy atom. The smallest absolute Gasteiger partial charge is 0.278 e. The Labute approximate surface area is 166 Å². The molecule has 2 aromatic carbocycles. The minimum absolute atomic E-state index is 0.00421. The van der Waals surface area contributed by atoms with E-state index in [1.54, 1.807) is 11.1 Å². The number of carbonyl (C=O) groups is 1. The van der Waals surface area contributed by atoms with Gasteiger partial charge in [-0.2, -0.15) is 0 Å². The van der Waals surface area contributed by atoms with E-state index in [4.69, 9.17) is 0 Å². The van der Waals surface area contributed by atoms with Crippen LogP contribution in [0.5, 0.6) is 0 Å². The molecule has 0 atom stereocenters. The molecule has 0 radical (unpaired) electrons. The van der Waals surface area contributed by atoms with Crippen molar-refractivity contribution in [3.8, 4) is 0 Å². The number of aromatic nitrogens is 2. The molecule has 1 amide bonds. The predicted molar refractivity (Wildman–Crippen MR) is 114 cm³/mol. The average molecular weight is 374 g/mol. The Kier molecular flexibility index (Phi) is 5.73. The van der Waals surface area contributed by atoms with Gasteiger partial charge >= 0.3 is 0 Å². The van der Waals surface area contributed by atoms with E-state index in [-0.39, 0.29) is 11.3 Å². The fraction of sp³-hybridized carbons (Fsp3) is 0.261. The largest absolute Gasteiger partial charge is 0.339 e. The average Bonchev–Trinajstić information content (AvgIpc) is 2.69. The van der Waals surface area contributed by atoms with E-state index >= 15 is 0 Å². The Hall–Kier alpha value is -3.21. The summed E-state index contributed by atoms with van der Waals surface area (Å²) >= 11 is 0. The molecule has 0 saturated carbocycles. The summed E-state index contributed by atoms with van der Waals surface area (Å²) in [5, 5.41) is 3.32. The van der Waals surface area contributed by atoms with E-state index in [1.807, 2.05) is 55.5 Å². The van der Waals surface area contributed by atoms with E-state index in [2.05, 4.69) is 42.1 Å². The Balaban J connectivity index is 1.80. The minimum atomic E-state index is -0.164. The summed E-state index contributed by atoms with van der Waals surface area (Å²) in [7, 11) is 0. The van der Waals surface area contributed by atoms with Crippen molar-refractivity contribution >= 4 is 23.1 Å². The van der Waals surface area contributed by atoms with E-state index in [9.17, 15) is 4.79 Å². The number of nitrogens with zero attached hydrogens (tertiary/aromatic N) is 3. The third kappa shape index (κ3) is 4.36. The van der Waals surface area contributed by atoms with Crippen molar-refractivity contribution in [2.45, 2.75) is 33.1 Å². The van der Waals surface area contributed by atoms with Crippen molar-refractivity contribution in [2.24, 2.45) is 0 Å². The highest BCUT2D eigenvalue weighted by Crippen LogP contribution is 2.30. The molecule has 28 heavy (non-hydrogen) atoms. The zero-order chi connectivity index (χ0) is 20.1. The second kappa shape index (κ2) is 8.21. The number of rotatable bonds is 5. The molecule has 0 spiro atoms. The van der Waals surface area contributed by atoms with Gasteiger partial charge in [-0.25, -0.2) is 9.97 Å². The molecule has 1 aromatic heterocycles. The molecule has 0 saturated heterocycles. The molecule has 0 aliphatic rings. The maximum atomic E-state index is 12.8. The molecule has 5 heteroatoms. The Morgan fingerprint density at radius 1 is 0.964 bits per heavy atom. The van der Waals surface area contributed by atoms with E-state index in [0.717, 1.165) is 11.4 Å². The molecule has 144 valence electrons. The first-order valence-corrected chi connectivity index (χ1v) is 9.45. The van der Waals surface area contributed by atoms with Crippen molar-refractivity contribution in [1.82, 2.24) is 9.97 Å². The molecule has 0 aliphatic carbocycles. The van der Waals surface area contributed by atoms with Crippen LogP contribution in [0, 0.1) is 0 Å². The zero-order valence-corrected chi connectivity index (χ0v) is 16.8. The molecule has 1 N–H and O–H groups in total. The highest BCUT2D eigenvalue weighted by Gasteiger charge is 2.19. The summed E-state index contributed by atoms with van der Waals surface area (Å²) in [5.74, 6) is 0.443. The SMILES string of the molecule is CCN(C(=O)c1cnc(Nc2ccccc2C(C)(C)C)cn1)c1ccccc1. The number of carbonyl (C=O) groups excluding carboxylic acids is 1. The first-order valence-electron chi connectivity index (χ1n) is 9.45. The first-order chi connectivity index (χ1) is 13.4. The van der Waals surface area contributed by atoms with Crippen LogP contribution in [0.15, 0.2) is 67.0 Å². The Morgan fingerprint density at radius 3 is 2.25 bits per heavy atom. The molecule has 0 fully saturated rings. The monoisotopic (exact) mass is 374 g/mol. The van der Waals surface area contributed by atoms with Gasteiger partial charge in [0.2, 0.25) is 0 Å². The van der Waals surface area contributed by atoms with Crippen molar-refractivity contribution < 1.29 is 4.79 Å². The third-order valence-electron chi connectivity index (χ3n) is 4.50. The van der Waals surface area contributed by atoms with Gasteiger partial charge in [0.15, 0.2) is 0 Å². The third-order valence-corrected chi connectivity index (χ3v) is 4.50. The zero-order valence-electron chi connectivity index (χ0n) is 16.8. The maximum absolute atomic E-state index is 12.8. The van der Waals surface area contributed by atoms with Gasteiger partial charge < -0.3 is 10.2 Å². The lowest BCUT2D eigenvalue weighted by atomic mass is 9.86. The lowest BCUT2D eigenvalue weighted by Gasteiger charge is -2.23. The van der Waals surface area contributed by atoms with Gasteiger partial charge in [-0.15, -0.1) is 0 Å². The number of hydrogen-bond donors (Lipinski definition) is 1. The van der Waals surface area contributed by atoms with Gasteiger partial charge in [0.1, 0.15) is 11.5 Å². The molecular weight excluding hydrogens is 348 g/mol. The second-order valence-electron chi connectivity index (χ2n) is 7.59. The van der Waals surface area contributed by atoms with Crippen LogP contribution in [0.3, 0.4) is 0 Å². The molecule has 0 aliphatic heterocycles. The molecule has 1 heterocycles. The lowest BCUT2D eigenvalue weighted by molar-refractivity contribution is 0.0983. The van der Waals surface area contributed by atoms with Crippen molar-refractivity contribution in [1.29, 1.82) is 0 Å². The van der Waals surface area contributed by atoms with Gasteiger partial charge in [0, 0.05) is 17.9 Å². The number of benzene rings is 2. The fourth-order valence-corrected chi connectivity index (χ4v) is 3.08. The number of anilines is 3. The van der Waals surface area contributed by atoms with Crippen LogP contribution < -0.4 is 10.2 Å². The molecule has 5 nitrogen and oxygen atoms in total. The van der Waals surface area contributed by atoms with E-state index in [1.165, 1.54) is 11.8 Å². The number of hydrogen-bond acceptors (Lipinski definition) is 4. The van der Waals surface area contributed by atoms with Crippen LogP contribution in [0.2, 0.25) is 0 Å². The fourth-order valence-electron chi connectivity index (χ4n) is 3.08. The summed E-state index contributed by atoms with van der Waals surface area (Å²) in [6.45, 7) is 9.01. The quantitative estimate of drug-likeness (QED) is 0.668. The van der Waals surface area contributed by atoms with Gasteiger partial charge in [-0.3, -0.25) is 4.79 Å². The predicted octanol–water partition coefficient (Wildman–Crippen LogP) is 5.18. The molecular formula is C23H26N4O. The van der Waals surface area contributed by atoms with E-state index in [0.29, 0.717) is 18.1 Å². The van der Waals surface area contributed by atoms with Crippen LogP contribution in [0.4, 0.5) is 17.2 Å². The van der Waals surface area contributed by atoms with Crippen molar-refractivity contribution in [2.75, 3.05) is 16.8 Å². The highest BCUT2D eigenvalue weighted by molar-refractivity contribution is 6.04. The first kappa shape index (κ1) is 19.5. The summed E-state index contributed by atoms with van der Waals surface area (Å²) in [5.41, 5.74) is 3.35. The second-order valence-corrected chi connectivity index (χ2v) is 7.59. The summed E-state index contributed by atoms with van der Waals surface area (Å²) < 4.78 is 0. The molecule has 0 bridgehead atoms. The summed E-state index contributed by atoms with van der Waals surface area (Å²) in [6.07, 6.45) is 3.13. The summed E-state index contributed by atoms with van der Waals surface area (Å²) in [6, 6.07) is 17.7. The minimum Gasteiger partial charge on any atom is -0.339 e. The standard InChI is InChI=1S/C23H26N4O/c1-5-27(17-11-7-6-8-12-17)22(28)20-15-25-21(16-24-20)26-19-14-10-9-13-18(19)23(2,3)4/h6-16H,5H2,1-4H3,(H,25,26). The van der Waals surface area contributed by atoms with Gasteiger partial charge in [-0.05, 0) is 36.1 Å². The number of para-hydroxylation sites is 2. The van der Waals surface area contributed by atoms with Crippen molar-refractivity contribution in [3.05, 3.63) is 78.2 Å².